The zero-order chi connectivity index (χ0) is 14.5. The van der Waals surface area contributed by atoms with Gasteiger partial charge in [0.05, 0.1) is 5.54 Å². The number of carbonyl (C=O) groups excluding carboxylic acids is 1. The number of hydrogen-bond acceptors (Lipinski definition) is 4. The summed E-state index contributed by atoms with van der Waals surface area (Å²) in [4.78, 5) is 16.0. The fraction of sp³-hybridized carbons (Fsp3) is 0.846. The van der Waals surface area contributed by atoms with Gasteiger partial charge in [0.15, 0.2) is 5.84 Å². The predicted octanol–water partition coefficient (Wildman–Crippen LogP) is 0.846. The van der Waals surface area contributed by atoms with Crippen LogP contribution in [-0.4, -0.2) is 58.5 Å². The largest absolute Gasteiger partial charge is 0.409 e. The second-order valence-corrected chi connectivity index (χ2v) is 5.52. The van der Waals surface area contributed by atoms with Crippen LogP contribution in [0.1, 0.15) is 40.0 Å². The number of nitrogens with zero attached hydrogens (tertiary/aromatic N) is 3. The van der Waals surface area contributed by atoms with Crippen molar-refractivity contribution in [3.05, 3.63) is 0 Å². The summed E-state index contributed by atoms with van der Waals surface area (Å²) in [5.41, 5.74) is 5.24. The van der Waals surface area contributed by atoms with Gasteiger partial charge in [-0.15, -0.1) is 0 Å². The highest BCUT2D eigenvalue weighted by Crippen LogP contribution is 2.17. The zero-order valence-electron chi connectivity index (χ0n) is 12.2. The second-order valence-electron chi connectivity index (χ2n) is 5.52. The lowest BCUT2D eigenvalue weighted by molar-refractivity contribution is -0.133. The number of oxime groups is 1. The number of unbranched alkanes of at least 4 members (excludes halogenated alkanes) is 1. The molecule has 0 spiro atoms. The van der Waals surface area contributed by atoms with E-state index in [0.29, 0.717) is 19.5 Å². The molecule has 0 aliphatic carbocycles. The van der Waals surface area contributed by atoms with E-state index in [2.05, 4.69) is 17.0 Å². The van der Waals surface area contributed by atoms with Crippen LogP contribution in [0.15, 0.2) is 5.16 Å². The van der Waals surface area contributed by atoms with Crippen molar-refractivity contribution < 1.29 is 10.0 Å². The van der Waals surface area contributed by atoms with Crippen LogP contribution in [0.25, 0.3) is 0 Å². The summed E-state index contributed by atoms with van der Waals surface area (Å²) in [6, 6.07) is 0. The Hall–Kier alpha value is -1.30. The normalized spacial score (nSPS) is 18.7. The van der Waals surface area contributed by atoms with Gasteiger partial charge in [-0.2, -0.15) is 0 Å². The average molecular weight is 270 g/mol. The molecule has 0 bridgehead atoms. The molecule has 1 heterocycles. The molecule has 0 radical (unpaired) electrons. The first kappa shape index (κ1) is 15.8. The van der Waals surface area contributed by atoms with E-state index in [1.165, 1.54) is 0 Å². The maximum absolute atomic E-state index is 11.9. The third kappa shape index (κ3) is 3.83. The highest BCUT2D eigenvalue weighted by atomic mass is 16.4. The van der Waals surface area contributed by atoms with Crippen LogP contribution in [-0.2, 0) is 4.79 Å². The first-order valence-electron chi connectivity index (χ1n) is 6.94. The van der Waals surface area contributed by atoms with Crippen molar-refractivity contribution in [1.29, 1.82) is 0 Å². The van der Waals surface area contributed by atoms with E-state index in [0.717, 1.165) is 25.9 Å². The van der Waals surface area contributed by atoms with Gasteiger partial charge in [0.2, 0.25) is 5.91 Å². The van der Waals surface area contributed by atoms with E-state index in [4.69, 9.17) is 10.9 Å². The fourth-order valence-corrected chi connectivity index (χ4v) is 2.29. The third-order valence-electron chi connectivity index (χ3n) is 3.90. The van der Waals surface area contributed by atoms with Crippen molar-refractivity contribution in [1.82, 2.24) is 9.80 Å². The molecule has 110 valence electrons. The molecule has 6 nitrogen and oxygen atoms in total. The molecule has 6 heteroatoms. The summed E-state index contributed by atoms with van der Waals surface area (Å²) in [6.45, 7) is 8.87. The molecule has 19 heavy (non-hydrogen) atoms. The molecule has 1 saturated heterocycles. The van der Waals surface area contributed by atoms with Gasteiger partial charge in [0.25, 0.3) is 0 Å². The minimum Gasteiger partial charge on any atom is -0.409 e. The van der Waals surface area contributed by atoms with Crippen LogP contribution in [0, 0.1) is 0 Å². The lowest BCUT2D eigenvalue weighted by Gasteiger charge is -2.43. The summed E-state index contributed by atoms with van der Waals surface area (Å²) >= 11 is 0. The molecular formula is C13H26N4O2. The Balaban J connectivity index is 2.51. The third-order valence-corrected chi connectivity index (χ3v) is 3.90. The maximum atomic E-state index is 11.9. The molecule has 0 atom stereocenters. The molecule has 0 saturated carbocycles. The number of rotatable bonds is 5. The molecule has 1 aliphatic rings. The predicted molar refractivity (Wildman–Crippen MR) is 75.2 cm³/mol. The quantitative estimate of drug-likeness (QED) is 0.336. The molecule has 0 aromatic rings. The van der Waals surface area contributed by atoms with Crippen LogP contribution >= 0.6 is 0 Å². The minimum absolute atomic E-state index is 0.207. The molecule has 0 aromatic carbocycles. The summed E-state index contributed by atoms with van der Waals surface area (Å²) in [5, 5.41) is 11.9. The van der Waals surface area contributed by atoms with Crippen molar-refractivity contribution >= 4 is 11.7 Å². The highest BCUT2D eigenvalue weighted by molar-refractivity contribution is 5.88. The Bertz CT molecular complexity index is 334. The molecule has 1 amide bonds. The van der Waals surface area contributed by atoms with E-state index < -0.39 is 5.54 Å². The first-order valence-corrected chi connectivity index (χ1v) is 6.94. The van der Waals surface area contributed by atoms with Gasteiger partial charge in [-0.25, -0.2) is 0 Å². The van der Waals surface area contributed by atoms with Crippen LogP contribution in [0.3, 0.4) is 0 Å². The second kappa shape index (κ2) is 6.75. The fourth-order valence-electron chi connectivity index (χ4n) is 2.29. The summed E-state index contributed by atoms with van der Waals surface area (Å²) in [6.07, 6.45) is 2.64. The van der Waals surface area contributed by atoms with Gasteiger partial charge in [0.1, 0.15) is 0 Å². The summed E-state index contributed by atoms with van der Waals surface area (Å²) < 4.78 is 0. The number of amidine groups is 1. The Kier molecular flexibility index (Phi) is 5.60. The SMILES string of the molecule is CCCCC(=O)N1CCN(C(C)(C)C(N)=NO)CC1. The van der Waals surface area contributed by atoms with E-state index >= 15 is 0 Å². The highest BCUT2D eigenvalue weighted by Gasteiger charge is 2.34. The Morgan fingerprint density at radius 2 is 1.89 bits per heavy atom. The van der Waals surface area contributed by atoms with Gasteiger partial charge in [-0.3, -0.25) is 9.69 Å². The van der Waals surface area contributed by atoms with Crippen LogP contribution in [0.5, 0.6) is 0 Å². The molecule has 0 unspecified atom stereocenters. The van der Waals surface area contributed by atoms with Crippen LogP contribution in [0.4, 0.5) is 0 Å². The van der Waals surface area contributed by atoms with Crippen molar-refractivity contribution in [2.24, 2.45) is 10.9 Å². The molecule has 1 aliphatic heterocycles. The number of piperazine rings is 1. The van der Waals surface area contributed by atoms with Gasteiger partial charge in [0, 0.05) is 32.6 Å². The summed E-state index contributed by atoms with van der Waals surface area (Å²) in [5.74, 6) is 0.446. The molecule has 1 fully saturated rings. The van der Waals surface area contributed by atoms with E-state index in [1.54, 1.807) is 0 Å². The molecule has 3 N–H and O–H groups in total. The van der Waals surface area contributed by atoms with E-state index in [-0.39, 0.29) is 11.7 Å². The number of amides is 1. The Morgan fingerprint density at radius 3 is 2.37 bits per heavy atom. The van der Waals surface area contributed by atoms with Gasteiger partial charge < -0.3 is 15.8 Å². The standard InChI is InChI=1S/C13H26N4O2/c1-4-5-6-11(18)16-7-9-17(10-8-16)13(2,3)12(14)15-19/h19H,4-10H2,1-3H3,(H2,14,15). The molecule has 0 aromatic heterocycles. The lowest BCUT2D eigenvalue weighted by atomic mass is 10.00. The van der Waals surface area contributed by atoms with Crippen molar-refractivity contribution in [2.75, 3.05) is 26.2 Å². The number of nitrogens with two attached hydrogens (primary N) is 1. The summed E-state index contributed by atoms with van der Waals surface area (Å²) in [7, 11) is 0. The molecular weight excluding hydrogens is 244 g/mol. The monoisotopic (exact) mass is 270 g/mol. The van der Waals surface area contributed by atoms with Crippen LogP contribution in [0.2, 0.25) is 0 Å². The first-order chi connectivity index (χ1) is 8.93. The Morgan fingerprint density at radius 1 is 1.32 bits per heavy atom. The maximum Gasteiger partial charge on any atom is 0.222 e. The van der Waals surface area contributed by atoms with Gasteiger partial charge in [-0.05, 0) is 20.3 Å². The van der Waals surface area contributed by atoms with Crippen molar-refractivity contribution in [3.63, 3.8) is 0 Å². The lowest BCUT2D eigenvalue weighted by Crippen LogP contribution is -2.60. The zero-order valence-corrected chi connectivity index (χ0v) is 12.2. The van der Waals surface area contributed by atoms with Crippen molar-refractivity contribution in [3.8, 4) is 0 Å². The Labute approximate surface area is 115 Å². The van der Waals surface area contributed by atoms with E-state index in [9.17, 15) is 4.79 Å². The average Bonchev–Trinajstić information content (AvgIpc) is 2.43. The van der Waals surface area contributed by atoms with Gasteiger partial charge in [-0.1, -0.05) is 18.5 Å². The van der Waals surface area contributed by atoms with Gasteiger partial charge >= 0.3 is 0 Å². The van der Waals surface area contributed by atoms with Crippen molar-refractivity contribution in [2.45, 2.75) is 45.6 Å². The number of carbonyl (C=O) groups is 1. The molecule has 1 rings (SSSR count). The topological polar surface area (TPSA) is 82.2 Å². The van der Waals surface area contributed by atoms with E-state index in [1.807, 2.05) is 18.7 Å². The number of hydrogen-bond donors (Lipinski definition) is 2. The van der Waals surface area contributed by atoms with Crippen LogP contribution < -0.4 is 5.73 Å². The minimum atomic E-state index is -0.479. The smallest absolute Gasteiger partial charge is 0.222 e.